The molecule has 1 rings (SSSR count). The summed E-state index contributed by atoms with van der Waals surface area (Å²) in [6.07, 6.45) is 0. The molecule has 0 spiro atoms. The van der Waals surface area contributed by atoms with E-state index in [2.05, 4.69) is 5.48 Å². The summed E-state index contributed by atoms with van der Waals surface area (Å²) < 4.78 is 0. The first-order valence-electron chi connectivity index (χ1n) is 4.76. The van der Waals surface area contributed by atoms with Crippen molar-refractivity contribution in [2.75, 3.05) is 5.48 Å². The lowest BCUT2D eigenvalue weighted by molar-refractivity contribution is 0.0374. The van der Waals surface area contributed by atoms with Crippen LogP contribution in [0.5, 0.6) is 0 Å². The Labute approximate surface area is 99.1 Å². The van der Waals surface area contributed by atoms with Crippen molar-refractivity contribution < 1.29 is 14.7 Å². The van der Waals surface area contributed by atoms with Crippen molar-refractivity contribution in [2.24, 2.45) is 0 Å². The molecule has 0 saturated heterocycles. The number of hydrogen-bond acceptors (Lipinski definition) is 3. The summed E-state index contributed by atoms with van der Waals surface area (Å²) in [5, 5.41) is 8.96. The molecule has 1 aromatic rings. The summed E-state index contributed by atoms with van der Waals surface area (Å²) in [7, 11) is 0. The van der Waals surface area contributed by atoms with E-state index in [1.54, 1.807) is 6.07 Å². The van der Waals surface area contributed by atoms with Crippen molar-refractivity contribution in [3.8, 4) is 0 Å². The van der Waals surface area contributed by atoms with Gasteiger partial charge in [0.15, 0.2) is 0 Å². The largest absolute Gasteiger partial charge is 0.478 e. The van der Waals surface area contributed by atoms with Crippen LogP contribution in [0.15, 0.2) is 18.2 Å². The van der Waals surface area contributed by atoms with Gasteiger partial charge in [-0.3, -0.25) is 10.3 Å². The minimum atomic E-state index is -1.05. The van der Waals surface area contributed by atoms with Crippen LogP contribution in [0.3, 0.4) is 0 Å². The van der Waals surface area contributed by atoms with Gasteiger partial charge >= 0.3 is 5.97 Å². The van der Waals surface area contributed by atoms with Crippen molar-refractivity contribution in [3.05, 3.63) is 28.8 Å². The average Bonchev–Trinajstić information content (AvgIpc) is 2.13. The highest BCUT2D eigenvalue weighted by Crippen LogP contribution is 2.21. The Morgan fingerprint density at radius 1 is 1.44 bits per heavy atom. The van der Waals surface area contributed by atoms with E-state index >= 15 is 0 Å². The predicted octanol–water partition coefficient (Wildman–Crippen LogP) is 3.18. The SMILES string of the molecule is CC(C)(C)ONc1ccc(C(=O)O)c(Cl)c1. The number of rotatable bonds is 3. The number of carboxylic acid groups (broad SMARTS) is 1. The molecule has 0 aliphatic carbocycles. The monoisotopic (exact) mass is 243 g/mol. The van der Waals surface area contributed by atoms with Gasteiger partial charge in [0.2, 0.25) is 0 Å². The Morgan fingerprint density at radius 2 is 2.06 bits per heavy atom. The van der Waals surface area contributed by atoms with Gasteiger partial charge in [-0.1, -0.05) is 11.6 Å². The van der Waals surface area contributed by atoms with Crippen LogP contribution in [0, 0.1) is 0 Å². The van der Waals surface area contributed by atoms with E-state index in [4.69, 9.17) is 21.5 Å². The van der Waals surface area contributed by atoms with E-state index < -0.39 is 5.97 Å². The topological polar surface area (TPSA) is 58.6 Å². The Balaban J connectivity index is 2.78. The molecule has 0 amide bonds. The van der Waals surface area contributed by atoms with Crippen molar-refractivity contribution >= 4 is 23.3 Å². The van der Waals surface area contributed by atoms with E-state index in [1.165, 1.54) is 12.1 Å². The van der Waals surface area contributed by atoms with Gasteiger partial charge in [0.05, 0.1) is 21.9 Å². The summed E-state index contributed by atoms with van der Waals surface area (Å²) in [5.41, 5.74) is 3.07. The van der Waals surface area contributed by atoms with E-state index in [-0.39, 0.29) is 16.2 Å². The fourth-order valence-electron chi connectivity index (χ4n) is 0.964. The van der Waals surface area contributed by atoms with Crippen LogP contribution in [0.4, 0.5) is 5.69 Å². The van der Waals surface area contributed by atoms with Gasteiger partial charge < -0.3 is 5.11 Å². The fraction of sp³-hybridized carbons (Fsp3) is 0.364. The predicted molar refractivity (Wildman–Crippen MR) is 62.9 cm³/mol. The second-order valence-corrected chi connectivity index (χ2v) is 4.72. The second-order valence-electron chi connectivity index (χ2n) is 4.32. The van der Waals surface area contributed by atoms with E-state index in [9.17, 15) is 4.79 Å². The Bertz CT molecular complexity index is 399. The first-order chi connectivity index (χ1) is 7.29. The van der Waals surface area contributed by atoms with Crippen LogP contribution in [0.25, 0.3) is 0 Å². The lowest BCUT2D eigenvalue weighted by atomic mass is 10.2. The Kier molecular flexibility index (Phi) is 3.78. The zero-order chi connectivity index (χ0) is 12.3. The number of nitrogens with one attached hydrogen (secondary N) is 1. The third-order valence-electron chi connectivity index (χ3n) is 1.67. The van der Waals surface area contributed by atoms with Gasteiger partial charge in [0, 0.05) is 0 Å². The van der Waals surface area contributed by atoms with Gasteiger partial charge in [-0.2, -0.15) is 0 Å². The van der Waals surface area contributed by atoms with E-state index in [1.807, 2.05) is 20.8 Å². The standard InChI is InChI=1S/C11H14ClNO3/c1-11(2,3)16-13-7-4-5-8(10(14)15)9(12)6-7/h4-6,13H,1-3H3,(H,14,15). The minimum absolute atomic E-state index is 0.0722. The first kappa shape index (κ1) is 12.8. The maximum atomic E-state index is 10.7. The fourth-order valence-corrected chi connectivity index (χ4v) is 1.23. The summed E-state index contributed by atoms with van der Waals surface area (Å²) in [4.78, 5) is 16.0. The number of benzene rings is 1. The lowest BCUT2D eigenvalue weighted by Gasteiger charge is -2.20. The highest BCUT2D eigenvalue weighted by Gasteiger charge is 2.12. The summed E-state index contributed by atoms with van der Waals surface area (Å²) >= 11 is 5.80. The molecule has 0 radical (unpaired) electrons. The molecule has 0 aliphatic rings. The molecule has 0 atom stereocenters. The number of hydrogen-bond donors (Lipinski definition) is 2. The first-order valence-corrected chi connectivity index (χ1v) is 5.14. The van der Waals surface area contributed by atoms with Gasteiger partial charge in [-0.15, -0.1) is 0 Å². The van der Waals surface area contributed by atoms with Crippen molar-refractivity contribution in [2.45, 2.75) is 26.4 Å². The third kappa shape index (κ3) is 3.72. The van der Waals surface area contributed by atoms with Gasteiger partial charge in [0.25, 0.3) is 0 Å². The molecule has 0 aromatic heterocycles. The molecule has 0 heterocycles. The minimum Gasteiger partial charge on any atom is -0.478 e. The molecule has 0 fully saturated rings. The highest BCUT2D eigenvalue weighted by atomic mass is 35.5. The zero-order valence-electron chi connectivity index (χ0n) is 9.37. The zero-order valence-corrected chi connectivity index (χ0v) is 10.1. The van der Waals surface area contributed by atoms with Crippen molar-refractivity contribution in [1.82, 2.24) is 0 Å². The van der Waals surface area contributed by atoms with Gasteiger partial charge in [-0.05, 0) is 39.0 Å². The summed E-state index contributed by atoms with van der Waals surface area (Å²) in [5.74, 6) is -1.05. The van der Waals surface area contributed by atoms with Crippen LogP contribution >= 0.6 is 11.6 Å². The van der Waals surface area contributed by atoms with Crippen LogP contribution in [0.2, 0.25) is 5.02 Å². The lowest BCUT2D eigenvalue weighted by Crippen LogP contribution is -2.22. The van der Waals surface area contributed by atoms with E-state index in [0.717, 1.165) is 0 Å². The number of carbonyl (C=O) groups is 1. The maximum absolute atomic E-state index is 10.7. The van der Waals surface area contributed by atoms with E-state index in [0.29, 0.717) is 5.69 Å². The molecule has 0 unspecified atom stereocenters. The van der Waals surface area contributed by atoms with Crippen LogP contribution in [0.1, 0.15) is 31.1 Å². The van der Waals surface area contributed by atoms with Gasteiger partial charge in [-0.25, -0.2) is 4.79 Å². The number of halogens is 1. The Hall–Kier alpha value is -1.26. The van der Waals surface area contributed by atoms with Crippen LogP contribution in [-0.4, -0.2) is 16.7 Å². The molecule has 1 aromatic carbocycles. The molecule has 5 heteroatoms. The average molecular weight is 244 g/mol. The Morgan fingerprint density at radius 3 is 2.50 bits per heavy atom. The van der Waals surface area contributed by atoms with Crippen molar-refractivity contribution in [3.63, 3.8) is 0 Å². The molecule has 0 aliphatic heterocycles. The number of aromatic carboxylic acids is 1. The molecule has 0 saturated carbocycles. The highest BCUT2D eigenvalue weighted by molar-refractivity contribution is 6.33. The molecular formula is C11H14ClNO3. The maximum Gasteiger partial charge on any atom is 0.337 e. The molecular weight excluding hydrogens is 230 g/mol. The summed E-state index contributed by atoms with van der Waals surface area (Å²) in [6, 6.07) is 4.54. The van der Waals surface area contributed by atoms with Crippen LogP contribution < -0.4 is 5.48 Å². The smallest absolute Gasteiger partial charge is 0.337 e. The molecule has 88 valence electrons. The second kappa shape index (κ2) is 4.72. The third-order valence-corrected chi connectivity index (χ3v) is 1.99. The van der Waals surface area contributed by atoms with Gasteiger partial charge in [0.1, 0.15) is 0 Å². The summed E-state index contributed by atoms with van der Waals surface area (Å²) in [6.45, 7) is 5.69. The number of anilines is 1. The molecule has 0 bridgehead atoms. The van der Waals surface area contributed by atoms with Crippen molar-refractivity contribution in [1.29, 1.82) is 0 Å². The van der Waals surface area contributed by atoms with Crippen LogP contribution in [-0.2, 0) is 4.84 Å². The molecule has 4 nitrogen and oxygen atoms in total. The molecule has 16 heavy (non-hydrogen) atoms. The molecule has 2 N–H and O–H groups in total. The number of carboxylic acids is 1. The quantitative estimate of drug-likeness (QED) is 0.801. The normalized spacial score (nSPS) is 11.2.